The van der Waals surface area contributed by atoms with Crippen molar-refractivity contribution < 1.29 is 4.74 Å². The zero-order valence-corrected chi connectivity index (χ0v) is 11.8. The second-order valence-electron chi connectivity index (χ2n) is 3.75. The molecule has 0 aliphatic heterocycles. The van der Waals surface area contributed by atoms with Crippen molar-refractivity contribution in [3.63, 3.8) is 0 Å². The Balaban J connectivity index is 2.31. The standard InChI is InChI=1S/C14H12BrClO/c1-10-8-12(16)6-7-13(10)17-14-5-3-2-4-11(14)9-15/h2-8H,9H2,1H3. The predicted molar refractivity (Wildman–Crippen MR) is 75.3 cm³/mol. The Hall–Kier alpha value is -0.990. The van der Waals surface area contributed by atoms with Gasteiger partial charge >= 0.3 is 0 Å². The van der Waals surface area contributed by atoms with Crippen molar-refractivity contribution in [2.75, 3.05) is 0 Å². The van der Waals surface area contributed by atoms with Crippen LogP contribution in [0, 0.1) is 6.92 Å². The van der Waals surface area contributed by atoms with Gasteiger partial charge in [-0.1, -0.05) is 45.7 Å². The monoisotopic (exact) mass is 310 g/mol. The van der Waals surface area contributed by atoms with Crippen LogP contribution in [0.5, 0.6) is 11.5 Å². The second-order valence-corrected chi connectivity index (χ2v) is 4.75. The fourth-order valence-electron chi connectivity index (χ4n) is 1.56. The van der Waals surface area contributed by atoms with Gasteiger partial charge in [0, 0.05) is 15.9 Å². The normalized spacial score (nSPS) is 10.3. The van der Waals surface area contributed by atoms with Gasteiger partial charge < -0.3 is 4.74 Å². The van der Waals surface area contributed by atoms with Crippen LogP contribution in [0.25, 0.3) is 0 Å². The van der Waals surface area contributed by atoms with Gasteiger partial charge in [-0.05, 0) is 36.8 Å². The van der Waals surface area contributed by atoms with E-state index in [0.29, 0.717) is 0 Å². The predicted octanol–water partition coefficient (Wildman–Crippen LogP) is 5.34. The van der Waals surface area contributed by atoms with Crippen LogP contribution >= 0.6 is 27.5 Å². The molecule has 2 rings (SSSR count). The van der Waals surface area contributed by atoms with E-state index in [1.54, 1.807) is 0 Å². The van der Waals surface area contributed by atoms with E-state index in [-0.39, 0.29) is 0 Å². The highest BCUT2D eigenvalue weighted by Crippen LogP contribution is 2.30. The molecule has 0 bridgehead atoms. The van der Waals surface area contributed by atoms with E-state index in [9.17, 15) is 0 Å². The topological polar surface area (TPSA) is 9.23 Å². The quantitative estimate of drug-likeness (QED) is 0.696. The Labute approximate surface area is 115 Å². The summed E-state index contributed by atoms with van der Waals surface area (Å²) >= 11 is 9.37. The number of hydrogen-bond acceptors (Lipinski definition) is 1. The van der Waals surface area contributed by atoms with Crippen molar-refractivity contribution in [2.45, 2.75) is 12.3 Å². The average molecular weight is 312 g/mol. The molecular weight excluding hydrogens is 300 g/mol. The van der Waals surface area contributed by atoms with Crippen LogP contribution in [0.1, 0.15) is 11.1 Å². The summed E-state index contributed by atoms with van der Waals surface area (Å²) in [5.41, 5.74) is 2.16. The summed E-state index contributed by atoms with van der Waals surface area (Å²) in [5, 5.41) is 1.50. The summed E-state index contributed by atoms with van der Waals surface area (Å²) < 4.78 is 5.90. The largest absolute Gasteiger partial charge is 0.457 e. The zero-order valence-electron chi connectivity index (χ0n) is 9.41. The van der Waals surface area contributed by atoms with Gasteiger partial charge in [0.05, 0.1) is 0 Å². The Morgan fingerprint density at radius 1 is 1.12 bits per heavy atom. The van der Waals surface area contributed by atoms with Crippen LogP contribution in [0.4, 0.5) is 0 Å². The van der Waals surface area contributed by atoms with E-state index in [4.69, 9.17) is 16.3 Å². The molecule has 1 nitrogen and oxygen atoms in total. The fraction of sp³-hybridized carbons (Fsp3) is 0.143. The van der Waals surface area contributed by atoms with Gasteiger partial charge in [0.1, 0.15) is 11.5 Å². The van der Waals surface area contributed by atoms with Gasteiger partial charge in [-0.15, -0.1) is 0 Å². The summed E-state index contributed by atoms with van der Waals surface area (Å²) in [6.45, 7) is 1.98. The first kappa shape index (κ1) is 12.5. The number of rotatable bonds is 3. The summed E-state index contributed by atoms with van der Waals surface area (Å²) in [5.74, 6) is 1.71. The lowest BCUT2D eigenvalue weighted by molar-refractivity contribution is 0.475. The van der Waals surface area contributed by atoms with Crippen molar-refractivity contribution in [1.82, 2.24) is 0 Å². The number of para-hydroxylation sites is 1. The highest BCUT2D eigenvalue weighted by Gasteiger charge is 2.05. The summed E-state index contributed by atoms with van der Waals surface area (Å²) in [4.78, 5) is 0. The Morgan fingerprint density at radius 3 is 2.59 bits per heavy atom. The van der Waals surface area contributed by atoms with Gasteiger partial charge in [0.25, 0.3) is 0 Å². The zero-order chi connectivity index (χ0) is 12.3. The first-order valence-electron chi connectivity index (χ1n) is 5.28. The van der Waals surface area contributed by atoms with Gasteiger partial charge in [0.15, 0.2) is 0 Å². The van der Waals surface area contributed by atoms with E-state index in [0.717, 1.165) is 33.0 Å². The molecular formula is C14H12BrClO. The SMILES string of the molecule is Cc1cc(Cl)ccc1Oc1ccccc1CBr. The van der Waals surface area contributed by atoms with Crippen molar-refractivity contribution >= 4 is 27.5 Å². The highest BCUT2D eigenvalue weighted by molar-refractivity contribution is 9.08. The van der Waals surface area contributed by atoms with E-state index in [2.05, 4.69) is 15.9 Å². The molecule has 0 saturated heterocycles. The summed E-state index contributed by atoms with van der Waals surface area (Å²) in [6, 6.07) is 13.6. The maximum Gasteiger partial charge on any atom is 0.131 e. The molecule has 0 radical (unpaired) electrons. The molecule has 0 saturated carbocycles. The lowest BCUT2D eigenvalue weighted by Gasteiger charge is -2.11. The van der Waals surface area contributed by atoms with Gasteiger partial charge in [-0.3, -0.25) is 0 Å². The summed E-state index contributed by atoms with van der Waals surface area (Å²) in [6.07, 6.45) is 0. The number of hydrogen-bond donors (Lipinski definition) is 0. The average Bonchev–Trinajstić information content (AvgIpc) is 2.33. The van der Waals surface area contributed by atoms with E-state index in [1.165, 1.54) is 0 Å². The molecule has 17 heavy (non-hydrogen) atoms. The van der Waals surface area contributed by atoms with Crippen molar-refractivity contribution in [2.24, 2.45) is 0 Å². The van der Waals surface area contributed by atoms with Gasteiger partial charge in [-0.25, -0.2) is 0 Å². The molecule has 0 aliphatic carbocycles. The number of benzene rings is 2. The van der Waals surface area contributed by atoms with E-state index < -0.39 is 0 Å². The molecule has 0 aromatic heterocycles. The maximum absolute atomic E-state index is 5.92. The van der Waals surface area contributed by atoms with E-state index in [1.807, 2.05) is 49.4 Å². The third kappa shape index (κ3) is 3.02. The van der Waals surface area contributed by atoms with Gasteiger partial charge in [0.2, 0.25) is 0 Å². The minimum atomic E-state index is 0.726. The van der Waals surface area contributed by atoms with Crippen LogP contribution in [0.2, 0.25) is 5.02 Å². The molecule has 0 unspecified atom stereocenters. The Kier molecular flexibility index (Phi) is 4.08. The van der Waals surface area contributed by atoms with Crippen LogP contribution < -0.4 is 4.74 Å². The number of aryl methyl sites for hydroxylation is 1. The molecule has 0 aliphatic rings. The van der Waals surface area contributed by atoms with Gasteiger partial charge in [-0.2, -0.15) is 0 Å². The molecule has 0 amide bonds. The van der Waals surface area contributed by atoms with Crippen molar-refractivity contribution in [1.29, 1.82) is 0 Å². The van der Waals surface area contributed by atoms with Crippen LogP contribution in [0.15, 0.2) is 42.5 Å². The lowest BCUT2D eigenvalue weighted by atomic mass is 10.2. The van der Waals surface area contributed by atoms with Crippen molar-refractivity contribution in [3.05, 3.63) is 58.6 Å². The molecule has 0 fully saturated rings. The number of halogens is 2. The van der Waals surface area contributed by atoms with Crippen molar-refractivity contribution in [3.8, 4) is 11.5 Å². The van der Waals surface area contributed by atoms with Crippen LogP contribution in [0.3, 0.4) is 0 Å². The Bertz CT molecular complexity index is 525. The smallest absolute Gasteiger partial charge is 0.131 e. The van der Waals surface area contributed by atoms with Crippen LogP contribution in [-0.2, 0) is 5.33 Å². The molecule has 0 atom stereocenters. The highest BCUT2D eigenvalue weighted by atomic mass is 79.9. The molecule has 0 N–H and O–H groups in total. The third-order valence-electron chi connectivity index (χ3n) is 2.47. The first-order chi connectivity index (χ1) is 8.20. The molecule has 2 aromatic carbocycles. The first-order valence-corrected chi connectivity index (χ1v) is 6.78. The molecule has 2 aromatic rings. The minimum Gasteiger partial charge on any atom is -0.457 e. The number of ether oxygens (including phenoxy) is 1. The molecule has 88 valence electrons. The molecule has 0 spiro atoms. The second kappa shape index (κ2) is 5.56. The minimum absolute atomic E-state index is 0.726. The van der Waals surface area contributed by atoms with Crippen LogP contribution in [-0.4, -0.2) is 0 Å². The maximum atomic E-state index is 5.92. The van der Waals surface area contributed by atoms with E-state index >= 15 is 0 Å². The third-order valence-corrected chi connectivity index (χ3v) is 3.31. The Morgan fingerprint density at radius 2 is 1.88 bits per heavy atom. The molecule has 0 heterocycles. The molecule has 3 heteroatoms. The number of alkyl halides is 1. The fourth-order valence-corrected chi connectivity index (χ4v) is 2.25. The lowest BCUT2D eigenvalue weighted by Crippen LogP contribution is -1.91. The summed E-state index contributed by atoms with van der Waals surface area (Å²) in [7, 11) is 0.